The minimum absolute atomic E-state index is 0.00691. The lowest BCUT2D eigenvalue weighted by atomic mass is 10.0. The Kier molecular flexibility index (Phi) is 8.63. The molecular weight excluding hydrogens is 424 g/mol. The van der Waals surface area contributed by atoms with Gasteiger partial charge in [-0.05, 0) is 47.0 Å². The molecule has 2 rings (SSSR count). The largest absolute Gasteiger partial charge is 0.489 e. The average molecular weight is 459 g/mol. The lowest BCUT2D eigenvalue weighted by Crippen LogP contribution is -2.40. The first-order chi connectivity index (χ1) is 14.9. The molecule has 174 valence electrons. The summed E-state index contributed by atoms with van der Waals surface area (Å²) in [6, 6.07) is 15.4. The highest BCUT2D eigenvalue weighted by Gasteiger charge is 2.37. The van der Waals surface area contributed by atoms with Crippen molar-refractivity contribution in [3.8, 4) is 5.75 Å². The maximum Gasteiger partial charge on any atom is 0.345 e. The van der Waals surface area contributed by atoms with Crippen molar-refractivity contribution in [3.63, 3.8) is 0 Å². The number of aliphatic carboxylic acids is 1. The molecule has 0 aliphatic rings. The van der Waals surface area contributed by atoms with Gasteiger partial charge in [0.05, 0.1) is 6.61 Å². The van der Waals surface area contributed by atoms with E-state index < -0.39 is 26.4 Å². The number of carboxylic acid groups (broad SMARTS) is 1. The van der Waals surface area contributed by atoms with Crippen LogP contribution in [0.2, 0.25) is 18.1 Å². The first-order valence-corrected chi connectivity index (χ1v) is 13.6. The Morgan fingerprint density at radius 3 is 2.22 bits per heavy atom. The van der Waals surface area contributed by atoms with Gasteiger partial charge in [-0.1, -0.05) is 57.2 Å². The summed E-state index contributed by atoms with van der Waals surface area (Å²) >= 11 is 0. The van der Waals surface area contributed by atoms with E-state index in [1.807, 2.05) is 48.5 Å². The number of carboxylic acids is 1. The van der Waals surface area contributed by atoms with Crippen LogP contribution in [-0.4, -0.2) is 31.5 Å². The van der Waals surface area contributed by atoms with Crippen molar-refractivity contribution >= 4 is 20.3 Å². The molecule has 32 heavy (non-hydrogen) atoms. The van der Waals surface area contributed by atoms with Gasteiger partial charge in [0, 0.05) is 13.3 Å². The SMILES string of the molecule is CC(=O)OC(Cc1cc(CO[Si](C)(C)C(C)(C)C)ccc1OCc1ccccc1)C(=O)O. The zero-order chi connectivity index (χ0) is 23.9. The summed E-state index contributed by atoms with van der Waals surface area (Å²) < 4.78 is 17.3. The molecule has 2 aromatic rings. The van der Waals surface area contributed by atoms with Crippen LogP contribution in [0.3, 0.4) is 0 Å². The Bertz CT molecular complexity index is 918. The van der Waals surface area contributed by atoms with Gasteiger partial charge in [-0.3, -0.25) is 4.79 Å². The lowest BCUT2D eigenvalue weighted by molar-refractivity contribution is -0.162. The fourth-order valence-electron chi connectivity index (χ4n) is 2.82. The third kappa shape index (κ3) is 7.49. The Balaban J connectivity index is 2.27. The Labute approximate surface area is 191 Å². The first-order valence-electron chi connectivity index (χ1n) is 10.7. The number of esters is 1. The standard InChI is InChI=1S/C25H34O6Si/c1-18(26)31-23(24(27)28)15-21-14-20(17-30-32(5,6)25(2,3)4)12-13-22(21)29-16-19-10-8-7-9-11-19/h7-14,23H,15-17H2,1-6H3,(H,27,28). The summed E-state index contributed by atoms with van der Waals surface area (Å²) in [6.45, 7) is 12.9. The van der Waals surface area contributed by atoms with Gasteiger partial charge in [-0.2, -0.15) is 0 Å². The summed E-state index contributed by atoms with van der Waals surface area (Å²) in [4.78, 5) is 23.0. The minimum atomic E-state index is -1.94. The molecule has 0 amide bonds. The van der Waals surface area contributed by atoms with E-state index in [-0.39, 0.29) is 11.5 Å². The molecule has 1 atom stereocenters. The molecule has 0 fully saturated rings. The fourth-order valence-corrected chi connectivity index (χ4v) is 3.78. The summed E-state index contributed by atoms with van der Waals surface area (Å²) in [5.74, 6) is -1.28. The van der Waals surface area contributed by atoms with Crippen molar-refractivity contribution in [2.45, 2.75) is 71.6 Å². The summed E-state index contributed by atoms with van der Waals surface area (Å²) in [6.07, 6.45) is -1.28. The lowest BCUT2D eigenvalue weighted by Gasteiger charge is -2.36. The van der Waals surface area contributed by atoms with E-state index in [0.717, 1.165) is 11.1 Å². The Morgan fingerprint density at radius 2 is 1.66 bits per heavy atom. The number of hydrogen-bond donors (Lipinski definition) is 1. The van der Waals surface area contributed by atoms with Crippen LogP contribution in [0.25, 0.3) is 0 Å². The molecule has 0 saturated carbocycles. The monoisotopic (exact) mass is 458 g/mol. The maximum absolute atomic E-state index is 11.6. The van der Waals surface area contributed by atoms with Crippen LogP contribution < -0.4 is 4.74 Å². The van der Waals surface area contributed by atoms with Crippen molar-refractivity contribution < 1.29 is 28.6 Å². The molecule has 0 aromatic heterocycles. The Morgan fingerprint density at radius 1 is 1.00 bits per heavy atom. The normalized spacial score (nSPS) is 12.8. The molecule has 0 saturated heterocycles. The van der Waals surface area contributed by atoms with Gasteiger partial charge in [-0.25, -0.2) is 4.79 Å². The second-order valence-corrected chi connectivity index (χ2v) is 14.2. The molecular formula is C25H34O6Si. The van der Waals surface area contributed by atoms with Crippen LogP contribution in [0.15, 0.2) is 48.5 Å². The molecule has 0 radical (unpaired) electrons. The average Bonchev–Trinajstić information content (AvgIpc) is 2.70. The van der Waals surface area contributed by atoms with Gasteiger partial charge in [0.15, 0.2) is 8.32 Å². The van der Waals surface area contributed by atoms with Crippen LogP contribution in [0.1, 0.15) is 44.4 Å². The van der Waals surface area contributed by atoms with Crippen molar-refractivity contribution in [2.75, 3.05) is 0 Å². The fraction of sp³-hybridized carbons (Fsp3) is 0.440. The van der Waals surface area contributed by atoms with Gasteiger partial charge >= 0.3 is 11.9 Å². The predicted octanol–water partition coefficient (Wildman–Crippen LogP) is 5.35. The molecule has 7 heteroatoms. The van der Waals surface area contributed by atoms with Crippen LogP contribution >= 0.6 is 0 Å². The third-order valence-electron chi connectivity index (χ3n) is 5.76. The van der Waals surface area contributed by atoms with Crippen molar-refractivity contribution in [1.82, 2.24) is 0 Å². The molecule has 0 aliphatic carbocycles. The second-order valence-electron chi connectivity index (χ2n) is 9.41. The highest BCUT2D eigenvalue weighted by Crippen LogP contribution is 2.37. The van der Waals surface area contributed by atoms with E-state index in [0.29, 0.717) is 24.5 Å². The van der Waals surface area contributed by atoms with Gasteiger partial charge < -0.3 is 19.0 Å². The Hall–Kier alpha value is -2.64. The smallest absolute Gasteiger partial charge is 0.345 e. The van der Waals surface area contributed by atoms with Gasteiger partial charge in [0.1, 0.15) is 12.4 Å². The van der Waals surface area contributed by atoms with Crippen LogP contribution in [0.4, 0.5) is 0 Å². The van der Waals surface area contributed by atoms with Gasteiger partial charge in [0.25, 0.3) is 0 Å². The van der Waals surface area contributed by atoms with Crippen LogP contribution in [-0.2, 0) is 38.4 Å². The molecule has 0 heterocycles. The van der Waals surface area contributed by atoms with E-state index >= 15 is 0 Å². The highest BCUT2D eigenvalue weighted by molar-refractivity contribution is 6.74. The van der Waals surface area contributed by atoms with Crippen molar-refractivity contribution in [2.24, 2.45) is 0 Å². The maximum atomic E-state index is 11.6. The zero-order valence-corrected chi connectivity index (χ0v) is 20.8. The number of carbonyl (C=O) groups excluding carboxylic acids is 1. The molecule has 6 nitrogen and oxygen atoms in total. The molecule has 1 N–H and O–H groups in total. The third-order valence-corrected chi connectivity index (χ3v) is 10.2. The summed E-state index contributed by atoms with van der Waals surface area (Å²) in [5, 5.41) is 9.60. The van der Waals surface area contributed by atoms with Gasteiger partial charge in [0.2, 0.25) is 6.10 Å². The number of carbonyl (C=O) groups is 2. The molecule has 2 aromatic carbocycles. The van der Waals surface area contributed by atoms with Gasteiger partial charge in [-0.15, -0.1) is 0 Å². The minimum Gasteiger partial charge on any atom is -0.489 e. The van der Waals surface area contributed by atoms with E-state index in [9.17, 15) is 14.7 Å². The van der Waals surface area contributed by atoms with Crippen molar-refractivity contribution in [1.29, 1.82) is 0 Å². The number of hydrogen-bond acceptors (Lipinski definition) is 5. The molecule has 0 aliphatic heterocycles. The molecule has 0 spiro atoms. The zero-order valence-electron chi connectivity index (χ0n) is 19.8. The second kappa shape index (κ2) is 10.8. The van der Waals surface area contributed by atoms with E-state index in [1.54, 1.807) is 0 Å². The predicted molar refractivity (Wildman–Crippen MR) is 126 cm³/mol. The number of rotatable bonds is 10. The molecule has 1 unspecified atom stereocenters. The topological polar surface area (TPSA) is 82.1 Å². The number of ether oxygens (including phenoxy) is 2. The van der Waals surface area contributed by atoms with Crippen LogP contribution in [0, 0.1) is 0 Å². The summed E-state index contributed by atoms with van der Waals surface area (Å²) in [7, 11) is -1.94. The highest BCUT2D eigenvalue weighted by atomic mass is 28.4. The van der Waals surface area contributed by atoms with Crippen molar-refractivity contribution in [3.05, 3.63) is 65.2 Å². The van der Waals surface area contributed by atoms with Crippen LogP contribution in [0.5, 0.6) is 5.75 Å². The quantitative estimate of drug-likeness (QED) is 0.382. The number of benzene rings is 2. The van der Waals surface area contributed by atoms with E-state index in [2.05, 4.69) is 33.9 Å². The van der Waals surface area contributed by atoms with E-state index in [1.165, 1.54) is 6.92 Å². The molecule has 0 bridgehead atoms. The first kappa shape index (κ1) is 25.6. The van der Waals surface area contributed by atoms with E-state index in [4.69, 9.17) is 13.9 Å². The summed E-state index contributed by atoms with van der Waals surface area (Å²) in [5.41, 5.74) is 2.58.